The summed E-state index contributed by atoms with van der Waals surface area (Å²) in [6.07, 6.45) is 0. The van der Waals surface area contributed by atoms with Gasteiger partial charge >= 0.3 is 0 Å². The number of benzene rings is 3. The molecular weight excluding hydrogens is 404 g/mol. The first-order valence-corrected chi connectivity index (χ1v) is 10.8. The van der Waals surface area contributed by atoms with Crippen molar-refractivity contribution in [2.75, 3.05) is 12.1 Å². The van der Waals surface area contributed by atoms with Gasteiger partial charge in [-0.25, -0.2) is 13.1 Å². The third kappa shape index (κ3) is 4.29. The second-order valence-corrected chi connectivity index (χ2v) is 8.58. The highest BCUT2D eigenvalue weighted by atomic mass is 32.2. The zero-order valence-electron chi connectivity index (χ0n) is 16.2. The van der Waals surface area contributed by atoms with Crippen LogP contribution >= 0.6 is 0 Å². The SMILES string of the molecule is Cc1cc(S(=O)(=O)NCc2ccc3c(c2)OCO3)ccc1NC(=O)c1ccccc1. The highest BCUT2D eigenvalue weighted by Crippen LogP contribution is 2.32. The number of sulfonamides is 1. The standard InChI is InChI=1S/C22H20N2O5S/c1-15-11-18(8-9-19(15)24-22(25)17-5-3-2-4-6-17)30(26,27)23-13-16-7-10-20-21(12-16)29-14-28-20/h2-12,23H,13-14H2,1H3,(H,24,25). The first-order chi connectivity index (χ1) is 14.4. The molecule has 30 heavy (non-hydrogen) atoms. The summed E-state index contributed by atoms with van der Waals surface area (Å²) in [6.45, 7) is 2.03. The van der Waals surface area contributed by atoms with Crippen molar-refractivity contribution in [3.63, 3.8) is 0 Å². The lowest BCUT2D eigenvalue weighted by atomic mass is 10.1. The van der Waals surface area contributed by atoms with Crippen LogP contribution in [0.4, 0.5) is 5.69 Å². The molecule has 0 radical (unpaired) electrons. The van der Waals surface area contributed by atoms with Crippen molar-refractivity contribution < 1.29 is 22.7 Å². The molecule has 3 aromatic rings. The minimum absolute atomic E-state index is 0.116. The van der Waals surface area contributed by atoms with Gasteiger partial charge in [0.15, 0.2) is 11.5 Å². The monoisotopic (exact) mass is 424 g/mol. The number of hydrogen-bond acceptors (Lipinski definition) is 5. The molecule has 1 aliphatic rings. The van der Waals surface area contributed by atoms with Crippen LogP contribution in [0, 0.1) is 6.92 Å². The number of anilines is 1. The average molecular weight is 424 g/mol. The molecule has 1 amide bonds. The number of ether oxygens (including phenoxy) is 2. The van der Waals surface area contributed by atoms with E-state index < -0.39 is 10.0 Å². The molecule has 0 atom stereocenters. The number of hydrogen-bond donors (Lipinski definition) is 2. The molecule has 1 heterocycles. The lowest BCUT2D eigenvalue weighted by Gasteiger charge is -2.12. The Hall–Kier alpha value is -3.36. The Morgan fingerprint density at radius 2 is 1.73 bits per heavy atom. The molecule has 8 heteroatoms. The quantitative estimate of drug-likeness (QED) is 0.632. The number of aryl methyl sites for hydroxylation is 1. The summed E-state index contributed by atoms with van der Waals surface area (Å²) < 4.78 is 38.5. The van der Waals surface area contributed by atoms with Crippen LogP contribution < -0.4 is 19.5 Å². The van der Waals surface area contributed by atoms with E-state index in [1.165, 1.54) is 12.1 Å². The summed E-state index contributed by atoms with van der Waals surface area (Å²) in [6, 6.07) is 18.7. The second-order valence-electron chi connectivity index (χ2n) is 6.81. The van der Waals surface area contributed by atoms with Crippen molar-refractivity contribution in [1.82, 2.24) is 4.72 Å². The van der Waals surface area contributed by atoms with Crippen molar-refractivity contribution in [3.05, 3.63) is 83.4 Å². The predicted octanol–water partition coefficient (Wildman–Crippen LogP) is 3.45. The van der Waals surface area contributed by atoms with Crippen LogP contribution in [0.15, 0.2) is 71.6 Å². The van der Waals surface area contributed by atoms with Gasteiger partial charge in [-0.3, -0.25) is 4.79 Å². The van der Waals surface area contributed by atoms with Gasteiger partial charge in [0.25, 0.3) is 5.91 Å². The summed E-state index contributed by atoms with van der Waals surface area (Å²) in [4.78, 5) is 12.5. The first-order valence-electron chi connectivity index (χ1n) is 9.28. The fourth-order valence-corrected chi connectivity index (χ4v) is 4.14. The summed E-state index contributed by atoms with van der Waals surface area (Å²) in [5.41, 5.74) is 2.48. The fraction of sp³-hybridized carbons (Fsp3) is 0.136. The number of nitrogens with one attached hydrogen (secondary N) is 2. The van der Waals surface area contributed by atoms with Crippen molar-refractivity contribution in [2.45, 2.75) is 18.4 Å². The van der Waals surface area contributed by atoms with Gasteiger partial charge in [0.05, 0.1) is 4.90 Å². The van der Waals surface area contributed by atoms with Gasteiger partial charge in [0, 0.05) is 17.8 Å². The smallest absolute Gasteiger partial charge is 0.255 e. The van der Waals surface area contributed by atoms with E-state index in [9.17, 15) is 13.2 Å². The molecule has 0 unspecified atom stereocenters. The fourth-order valence-electron chi connectivity index (χ4n) is 3.04. The molecule has 154 valence electrons. The summed E-state index contributed by atoms with van der Waals surface area (Å²) in [7, 11) is -3.73. The van der Waals surface area contributed by atoms with Crippen LogP contribution in [0.1, 0.15) is 21.5 Å². The molecular formula is C22H20N2O5S. The van der Waals surface area contributed by atoms with Crippen molar-refractivity contribution in [3.8, 4) is 11.5 Å². The normalized spacial score (nSPS) is 12.6. The van der Waals surface area contributed by atoms with Gasteiger partial charge in [0.2, 0.25) is 16.8 Å². The zero-order chi connectivity index (χ0) is 21.1. The molecule has 1 aliphatic heterocycles. The summed E-state index contributed by atoms with van der Waals surface area (Å²) in [5.74, 6) is 0.988. The Labute approximate surface area is 174 Å². The number of carbonyl (C=O) groups excluding carboxylic acids is 1. The molecule has 0 spiro atoms. The molecule has 3 aromatic carbocycles. The largest absolute Gasteiger partial charge is 0.454 e. The van der Waals surface area contributed by atoms with Crippen LogP contribution in [-0.2, 0) is 16.6 Å². The van der Waals surface area contributed by atoms with Crippen LogP contribution in [0.5, 0.6) is 11.5 Å². The molecule has 2 N–H and O–H groups in total. The van der Waals surface area contributed by atoms with Gasteiger partial charge in [-0.15, -0.1) is 0 Å². The second kappa shape index (κ2) is 8.17. The molecule has 0 aromatic heterocycles. The van der Waals surface area contributed by atoms with Crippen LogP contribution in [0.2, 0.25) is 0 Å². The summed E-state index contributed by atoms with van der Waals surface area (Å²) >= 11 is 0. The third-order valence-electron chi connectivity index (χ3n) is 4.70. The van der Waals surface area contributed by atoms with Gasteiger partial charge < -0.3 is 14.8 Å². The molecule has 0 bridgehead atoms. The summed E-state index contributed by atoms with van der Waals surface area (Å²) in [5, 5.41) is 2.81. The van der Waals surface area contributed by atoms with Crippen molar-refractivity contribution >= 4 is 21.6 Å². The van der Waals surface area contributed by atoms with Crippen molar-refractivity contribution in [1.29, 1.82) is 0 Å². The minimum atomic E-state index is -3.73. The van der Waals surface area contributed by atoms with E-state index in [0.717, 1.165) is 5.56 Å². The number of rotatable bonds is 6. The maximum absolute atomic E-state index is 12.7. The van der Waals surface area contributed by atoms with E-state index in [1.54, 1.807) is 55.5 Å². The van der Waals surface area contributed by atoms with Gasteiger partial charge in [-0.1, -0.05) is 24.3 Å². The van der Waals surface area contributed by atoms with E-state index in [0.29, 0.717) is 28.3 Å². The number of fused-ring (bicyclic) bond motifs is 1. The Morgan fingerprint density at radius 3 is 2.50 bits per heavy atom. The Bertz CT molecular complexity index is 1190. The zero-order valence-corrected chi connectivity index (χ0v) is 17.0. The molecule has 0 saturated carbocycles. The highest BCUT2D eigenvalue weighted by molar-refractivity contribution is 7.89. The molecule has 7 nitrogen and oxygen atoms in total. The lowest BCUT2D eigenvalue weighted by molar-refractivity contribution is 0.102. The number of carbonyl (C=O) groups is 1. The van der Waals surface area contributed by atoms with E-state index in [4.69, 9.17) is 9.47 Å². The maximum Gasteiger partial charge on any atom is 0.255 e. The van der Waals surface area contributed by atoms with Gasteiger partial charge in [-0.2, -0.15) is 0 Å². The van der Waals surface area contributed by atoms with E-state index in [1.807, 2.05) is 6.07 Å². The topological polar surface area (TPSA) is 93.7 Å². The van der Waals surface area contributed by atoms with Crippen LogP contribution in [0.25, 0.3) is 0 Å². The molecule has 0 aliphatic carbocycles. The highest BCUT2D eigenvalue weighted by Gasteiger charge is 2.18. The Balaban J connectivity index is 1.45. The Morgan fingerprint density at radius 1 is 0.967 bits per heavy atom. The molecule has 0 fully saturated rings. The Kier molecular flexibility index (Phi) is 5.43. The van der Waals surface area contributed by atoms with Gasteiger partial charge in [0.1, 0.15) is 0 Å². The molecule has 4 rings (SSSR count). The lowest BCUT2D eigenvalue weighted by Crippen LogP contribution is -2.23. The van der Waals surface area contributed by atoms with E-state index in [-0.39, 0.29) is 24.1 Å². The first kappa shape index (κ1) is 19.9. The predicted molar refractivity (Wildman–Crippen MR) is 112 cm³/mol. The maximum atomic E-state index is 12.7. The van der Waals surface area contributed by atoms with Gasteiger partial charge in [-0.05, 0) is 60.5 Å². The van der Waals surface area contributed by atoms with E-state index in [2.05, 4.69) is 10.0 Å². The third-order valence-corrected chi connectivity index (χ3v) is 6.09. The van der Waals surface area contributed by atoms with Crippen molar-refractivity contribution in [2.24, 2.45) is 0 Å². The molecule has 0 saturated heterocycles. The number of amides is 1. The average Bonchev–Trinajstić information content (AvgIpc) is 3.22. The van der Waals surface area contributed by atoms with E-state index >= 15 is 0 Å². The van der Waals surface area contributed by atoms with Crippen LogP contribution in [-0.4, -0.2) is 21.1 Å². The van der Waals surface area contributed by atoms with Crippen LogP contribution in [0.3, 0.4) is 0 Å². The minimum Gasteiger partial charge on any atom is -0.454 e.